The van der Waals surface area contributed by atoms with Crippen LogP contribution in [0, 0.1) is 0 Å². The molecule has 0 radical (unpaired) electrons. The number of hydrogen-bond donors (Lipinski definition) is 2. The van der Waals surface area contributed by atoms with Crippen molar-refractivity contribution in [1.29, 1.82) is 1.43 Å². The highest BCUT2D eigenvalue weighted by atomic mass is 16.4. The van der Waals surface area contributed by atoms with Crippen LogP contribution < -0.4 is 5.32 Å². The molecule has 1 amide bonds. The van der Waals surface area contributed by atoms with Crippen LogP contribution in [-0.4, -0.2) is 23.5 Å². The van der Waals surface area contributed by atoms with Crippen LogP contribution in [-0.2, 0) is 16.0 Å². The standard InChI is InChI=1S/C10H11NO3/c12-9(11-7-10(13)14)6-8-4-2-1-3-5-8/h1-5H,6-7H2,(H,11,12)(H,13,14)/i/hD. The Morgan fingerprint density at radius 3 is 2.71 bits per heavy atom. The topological polar surface area (TPSA) is 66.4 Å². The van der Waals surface area contributed by atoms with Crippen LogP contribution in [0.5, 0.6) is 0 Å². The molecule has 0 aliphatic heterocycles. The van der Waals surface area contributed by atoms with Gasteiger partial charge in [0.15, 0.2) is 0 Å². The van der Waals surface area contributed by atoms with E-state index in [1.54, 1.807) is 0 Å². The minimum atomic E-state index is -0.781. The Kier molecular flexibility index (Phi) is 3.13. The lowest BCUT2D eigenvalue weighted by molar-refractivity contribution is -0.137. The third kappa shape index (κ3) is 3.71. The molecule has 0 aromatic heterocycles. The summed E-state index contributed by atoms with van der Waals surface area (Å²) in [4.78, 5) is 21.8. The van der Waals surface area contributed by atoms with E-state index in [9.17, 15) is 9.59 Å². The molecule has 0 atom stereocenters. The Labute approximate surface area is 83.0 Å². The zero-order valence-electron chi connectivity index (χ0n) is 8.53. The molecule has 1 aromatic rings. The molecule has 0 aliphatic rings. The summed E-state index contributed by atoms with van der Waals surface area (Å²) in [5, 5.41) is 6.00. The third-order valence-electron chi connectivity index (χ3n) is 1.64. The highest BCUT2D eigenvalue weighted by Gasteiger charge is 2.03. The van der Waals surface area contributed by atoms with Crippen molar-refractivity contribution in [3.8, 4) is 0 Å². The van der Waals surface area contributed by atoms with E-state index in [1.165, 1.54) is 0 Å². The molecule has 0 aliphatic carbocycles. The summed E-state index contributed by atoms with van der Waals surface area (Å²) in [6.45, 7) is -0.269. The SMILES string of the molecule is [2H]OC(=O)CNC(=O)Cc1ccccc1. The maximum Gasteiger partial charge on any atom is 0.322 e. The average Bonchev–Trinajstić information content (AvgIpc) is 2.27. The van der Waals surface area contributed by atoms with Crippen molar-refractivity contribution in [2.24, 2.45) is 0 Å². The monoisotopic (exact) mass is 194 g/mol. The van der Waals surface area contributed by atoms with Gasteiger partial charge in [-0.1, -0.05) is 30.3 Å². The summed E-state index contributed by atoms with van der Waals surface area (Å²) in [5.41, 5.74) is 0.870. The summed E-state index contributed by atoms with van der Waals surface area (Å²) in [6.07, 6.45) is 0.214. The number of aliphatic carboxylic acids is 1. The maximum absolute atomic E-state index is 11.3. The van der Waals surface area contributed by atoms with Gasteiger partial charge in [-0.25, -0.2) is 0 Å². The Balaban J connectivity index is 2.34. The highest BCUT2D eigenvalue weighted by Crippen LogP contribution is 1.98. The zero-order chi connectivity index (χ0) is 11.1. The number of amides is 1. The summed E-state index contributed by atoms with van der Waals surface area (Å²) < 4.78 is 6.27. The largest absolute Gasteiger partial charge is 0.480 e. The molecule has 0 fully saturated rings. The second kappa shape index (κ2) is 5.01. The number of carbonyl (C=O) groups is 2. The molecule has 0 unspecified atom stereocenters. The number of rotatable bonds is 4. The lowest BCUT2D eigenvalue weighted by atomic mass is 10.1. The zero-order valence-corrected chi connectivity index (χ0v) is 7.53. The van der Waals surface area contributed by atoms with Crippen LogP contribution in [0.15, 0.2) is 30.3 Å². The van der Waals surface area contributed by atoms with Crippen LogP contribution in [0.1, 0.15) is 5.56 Å². The Bertz CT molecular complexity index is 340. The van der Waals surface area contributed by atoms with Crippen LogP contribution >= 0.6 is 0 Å². The quantitative estimate of drug-likeness (QED) is 0.730. The van der Waals surface area contributed by atoms with Gasteiger partial charge in [0.25, 0.3) is 1.43 Å². The molecule has 4 heteroatoms. The van der Waals surface area contributed by atoms with E-state index in [2.05, 4.69) is 10.4 Å². The van der Waals surface area contributed by atoms with Crippen molar-refractivity contribution in [3.63, 3.8) is 0 Å². The summed E-state index contributed by atoms with van der Waals surface area (Å²) in [7, 11) is 0. The first-order valence-electron chi connectivity index (χ1n) is 4.60. The van der Waals surface area contributed by atoms with E-state index in [4.69, 9.17) is 1.43 Å². The maximum atomic E-state index is 11.3. The highest BCUT2D eigenvalue weighted by molar-refractivity contribution is 5.82. The summed E-state index contributed by atoms with van der Waals surface area (Å²) >= 11 is 0. The third-order valence-corrected chi connectivity index (χ3v) is 1.64. The van der Waals surface area contributed by atoms with Crippen molar-refractivity contribution in [1.82, 2.24) is 5.32 Å². The number of nitrogens with one attached hydrogen (secondary N) is 1. The molecule has 14 heavy (non-hydrogen) atoms. The lowest BCUT2D eigenvalue weighted by Crippen LogP contribution is -2.30. The minimum Gasteiger partial charge on any atom is -0.480 e. The first-order chi connectivity index (χ1) is 7.22. The van der Waals surface area contributed by atoms with Crippen molar-refractivity contribution in [2.45, 2.75) is 6.42 Å². The second-order valence-electron chi connectivity index (χ2n) is 2.81. The number of hydrogen-bond acceptors (Lipinski definition) is 3. The molecule has 1 aromatic carbocycles. The number of benzene rings is 1. The van der Waals surface area contributed by atoms with Crippen molar-refractivity contribution < 1.29 is 14.7 Å². The molecule has 0 saturated heterocycles. The molecular weight excluding hydrogens is 182 g/mol. The molecule has 1 rings (SSSR count). The Morgan fingerprint density at radius 1 is 1.36 bits per heavy atom. The van der Waals surface area contributed by atoms with Gasteiger partial charge in [-0.15, -0.1) is 0 Å². The van der Waals surface area contributed by atoms with E-state index < -0.39 is 5.97 Å². The second-order valence-corrected chi connectivity index (χ2v) is 2.81. The van der Waals surface area contributed by atoms with Crippen molar-refractivity contribution in [2.75, 3.05) is 6.54 Å². The van der Waals surface area contributed by atoms with Gasteiger partial charge >= 0.3 is 5.97 Å². The Morgan fingerprint density at radius 2 is 2.07 bits per heavy atom. The normalized spacial score (nSPS) is 10.1. The summed E-state index contributed by atoms with van der Waals surface area (Å²) in [6, 6.07) is 9.17. The van der Waals surface area contributed by atoms with Crippen LogP contribution in [0.4, 0.5) is 0 Å². The van der Waals surface area contributed by atoms with Gasteiger partial charge in [0.05, 0.1) is 6.42 Å². The van der Waals surface area contributed by atoms with E-state index >= 15 is 0 Å². The fourth-order valence-electron chi connectivity index (χ4n) is 1.01. The fourth-order valence-corrected chi connectivity index (χ4v) is 1.01. The number of carbonyl (C=O) groups excluding carboxylic acids is 1. The lowest BCUT2D eigenvalue weighted by Gasteiger charge is -2.01. The van der Waals surface area contributed by atoms with Gasteiger partial charge in [0.2, 0.25) is 5.91 Å². The van der Waals surface area contributed by atoms with E-state index in [-0.39, 0.29) is 18.9 Å². The van der Waals surface area contributed by atoms with Gasteiger partial charge in [0.1, 0.15) is 6.54 Å². The van der Waals surface area contributed by atoms with Gasteiger partial charge in [0, 0.05) is 0 Å². The van der Waals surface area contributed by atoms with Gasteiger partial charge in [-0.05, 0) is 5.56 Å². The molecule has 0 bridgehead atoms. The summed E-state index contributed by atoms with van der Waals surface area (Å²) in [5.74, 6) is -1.05. The fraction of sp³-hybridized carbons (Fsp3) is 0.200. The van der Waals surface area contributed by atoms with Crippen molar-refractivity contribution in [3.05, 3.63) is 35.9 Å². The van der Waals surface area contributed by atoms with Crippen LogP contribution in [0.2, 0.25) is 0 Å². The predicted octanol–water partition coefficient (Wildman–Crippen LogP) is 0.430. The average molecular weight is 194 g/mol. The number of carboxylic acid groups (broad SMARTS) is 1. The van der Waals surface area contributed by atoms with Crippen molar-refractivity contribution >= 4 is 11.9 Å². The molecule has 74 valence electrons. The first kappa shape index (κ1) is 8.74. The van der Waals surface area contributed by atoms with E-state index in [1.807, 2.05) is 30.3 Å². The number of carboxylic acids is 1. The molecule has 0 heterocycles. The first-order valence-corrected chi connectivity index (χ1v) is 4.19. The molecule has 0 spiro atoms. The van der Waals surface area contributed by atoms with E-state index in [0.29, 0.717) is 0 Å². The van der Waals surface area contributed by atoms with Gasteiger partial charge in [-0.2, -0.15) is 0 Å². The van der Waals surface area contributed by atoms with E-state index in [0.717, 1.165) is 5.56 Å². The smallest absolute Gasteiger partial charge is 0.322 e. The molecule has 0 saturated carbocycles. The molecule has 2 N–H and O–H groups in total. The Hall–Kier alpha value is -1.84. The van der Waals surface area contributed by atoms with Crippen LogP contribution in [0.25, 0.3) is 1.43 Å². The van der Waals surface area contributed by atoms with Gasteiger partial charge < -0.3 is 10.4 Å². The predicted molar refractivity (Wildman–Crippen MR) is 50.8 cm³/mol. The minimum absolute atomic E-state index is 0.214. The molecular formula is C10H11NO3. The van der Waals surface area contributed by atoms with Gasteiger partial charge in [-0.3, -0.25) is 9.59 Å². The molecule has 4 nitrogen and oxygen atoms in total. The van der Waals surface area contributed by atoms with Crippen LogP contribution in [0.3, 0.4) is 0 Å².